The smallest absolute Gasteiger partial charge is 0.262 e. The molecule has 136 valence electrons. The van der Waals surface area contributed by atoms with Gasteiger partial charge in [0.2, 0.25) is 0 Å². The Hall–Kier alpha value is -2.82. The predicted octanol–water partition coefficient (Wildman–Crippen LogP) is 3.79. The molecular weight excluding hydrogens is 330 g/mol. The number of anilines is 1. The van der Waals surface area contributed by atoms with Gasteiger partial charge in [0.25, 0.3) is 5.91 Å². The zero-order chi connectivity index (χ0) is 18.5. The van der Waals surface area contributed by atoms with Crippen molar-refractivity contribution >= 4 is 17.4 Å². The first-order valence-electron chi connectivity index (χ1n) is 8.81. The highest BCUT2D eigenvalue weighted by atomic mass is 16.5. The highest BCUT2D eigenvalue weighted by Crippen LogP contribution is 2.29. The summed E-state index contributed by atoms with van der Waals surface area (Å²) in [6, 6.07) is 11.0. The summed E-state index contributed by atoms with van der Waals surface area (Å²) in [4.78, 5) is 23.8. The van der Waals surface area contributed by atoms with Gasteiger partial charge in [-0.05, 0) is 68.0 Å². The minimum atomic E-state index is -0.221. The standard InChI is InChI=1S/C21H23NO4/c1-14(23)16-10-11-19(20(12-16)25-2)26-13-21(24)22-18-9-5-7-15-6-3-4-8-17(15)18/h5,7,9-12H,3-4,6,8,13H2,1-2H3,(H,22,24). The quantitative estimate of drug-likeness (QED) is 0.803. The summed E-state index contributed by atoms with van der Waals surface area (Å²) in [5, 5.41) is 2.95. The first-order chi connectivity index (χ1) is 12.6. The van der Waals surface area contributed by atoms with E-state index in [4.69, 9.17) is 9.47 Å². The van der Waals surface area contributed by atoms with Gasteiger partial charge in [0.15, 0.2) is 23.9 Å². The number of rotatable bonds is 6. The molecule has 0 saturated carbocycles. The lowest BCUT2D eigenvalue weighted by atomic mass is 9.90. The third-order valence-corrected chi connectivity index (χ3v) is 4.60. The maximum atomic E-state index is 12.3. The molecule has 0 spiro atoms. The summed E-state index contributed by atoms with van der Waals surface area (Å²) in [6.45, 7) is 1.36. The fourth-order valence-electron chi connectivity index (χ4n) is 3.23. The van der Waals surface area contributed by atoms with Gasteiger partial charge < -0.3 is 14.8 Å². The molecule has 5 heteroatoms. The molecular formula is C21H23NO4. The molecule has 26 heavy (non-hydrogen) atoms. The van der Waals surface area contributed by atoms with Crippen LogP contribution < -0.4 is 14.8 Å². The molecule has 1 aliphatic carbocycles. The first-order valence-corrected chi connectivity index (χ1v) is 8.81. The molecule has 0 bridgehead atoms. The Labute approximate surface area is 153 Å². The van der Waals surface area contributed by atoms with Crippen molar-refractivity contribution in [2.24, 2.45) is 0 Å². The van der Waals surface area contributed by atoms with Crippen LogP contribution in [0.25, 0.3) is 0 Å². The molecule has 0 fully saturated rings. The zero-order valence-electron chi connectivity index (χ0n) is 15.1. The molecule has 0 aliphatic heterocycles. The summed E-state index contributed by atoms with van der Waals surface area (Å²) < 4.78 is 10.8. The largest absolute Gasteiger partial charge is 0.493 e. The van der Waals surface area contributed by atoms with Crippen molar-refractivity contribution in [2.75, 3.05) is 19.0 Å². The summed E-state index contributed by atoms with van der Waals surface area (Å²) in [5.41, 5.74) is 3.95. The van der Waals surface area contributed by atoms with Crippen LogP contribution in [0.2, 0.25) is 0 Å². The van der Waals surface area contributed by atoms with E-state index in [1.165, 1.54) is 31.6 Å². The van der Waals surface area contributed by atoms with Crippen molar-refractivity contribution < 1.29 is 19.1 Å². The lowest BCUT2D eigenvalue weighted by molar-refractivity contribution is -0.118. The van der Waals surface area contributed by atoms with Crippen LogP contribution in [-0.4, -0.2) is 25.4 Å². The summed E-state index contributed by atoms with van der Waals surface area (Å²) in [7, 11) is 1.50. The molecule has 0 aromatic heterocycles. The van der Waals surface area contributed by atoms with Gasteiger partial charge in [0, 0.05) is 11.3 Å². The van der Waals surface area contributed by atoms with Gasteiger partial charge in [0.05, 0.1) is 7.11 Å². The fourth-order valence-corrected chi connectivity index (χ4v) is 3.23. The second-order valence-corrected chi connectivity index (χ2v) is 6.41. The minimum absolute atomic E-state index is 0.0542. The Morgan fingerprint density at radius 3 is 2.65 bits per heavy atom. The number of methoxy groups -OCH3 is 1. The topological polar surface area (TPSA) is 64.6 Å². The van der Waals surface area contributed by atoms with E-state index in [1.54, 1.807) is 18.2 Å². The molecule has 2 aromatic rings. The number of hydrogen-bond donors (Lipinski definition) is 1. The van der Waals surface area contributed by atoms with Crippen LogP contribution in [0, 0.1) is 0 Å². The minimum Gasteiger partial charge on any atom is -0.493 e. The molecule has 0 unspecified atom stereocenters. The number of amides is 1. The molecule has 0 saturated heterocycles. The van der Waals surface area contributed by atoms with Crippen molar-refractivity contribution in [3.8, 4) is 11.5 Å². The van der Waals surface area contributed by atoms with E-state index < -0.39 is 0 Å². The number of ketones is 1. The number of Topliss-reactive ketones (excluding diaryl/α,β-unsaturated/α-hetero) is 1. The average molecular weight is 353 g/mol. The van der Waals surface area contributed by atoms with Gasteiger partial charge in [0.1, 0.15) is 0 Å². The average Bonchev–Trinajstić information content (AvgIpc) is 2.66. The second-order valence-electron chi connectivity index (χ2n) is 6.41. The summed E-state index contributed by atoms with van der Waals surface area (Å²) in [6.07, 6.45) is 4.40. The number of hydrogen-bond acceptors (Lipinski definition) is 4. The highest BCUT2D eigenvalue weighted by Gasteiger charge is 2.15. The number of benzene rings is 2. The van der Waals surface area contributed by atoms with E-state index in [0.717, 1.165) is 24.9 Å². The van der Waals surface area contributed by atoms with E-state index in [1.807, 2.05) is 12.1 Å². The van der Waals surface area contributed by atoms with Crippen LogP contribution >= 0.6 is 0 Å². The van der Waals surface area contributed by atoms with Gasteiger partial charge in [-0.1, -0.05) is 12.1 Å². The third-order valence-electron chi connectivity index (χ3n) is 4.60. The molecule has 0 radical (unpaired) electrons. The third kappa shape index (κ3) is 4.04. The van der Waals surface area contributed by atoms with Crippen LogP contribution in [0.1, 0.15) is 41.3 Å². The van der Waals surface area contributed by atoms with Crippen LogP contribution in [0.4, 0.5) is 5.69 Å². The van der Waals surface area contributed by atoms with Gasteiger partial charge in [-0.3, -0.25) is 9.59 Å². The molecule has 2 aromatic carbocycles. The maximum absolute atomic E-state index is 12.3. The number of carbonyl (C=O) groups is 2. The Kier molecular flexibility index (Phi) is 5.56. The molecule has 1 amide bonds. The fraction of sp³-hybridized carbons (Fsp3) is 0.333. The van der Waals surface area contributed by atoms with Crippen molar-refractivity contribution in [1.29, 1.82) is 0 Å². The van der Waals surface area contributed by atoms with E-state index in [2.05, 4.69) is 11.4 Å². The van der Waals surface area contributed by atoms with Crippen LogP contribution in [0.3, 0.4) is 0 Å². The van der Waals surface area contributed by atoms with Crippen molar-refractivity contribution in [2.45, 2.75) is 32.6 Å². The van der Waals surface area contributed by atoms with E-state index in [0.29, 0.717) is 17.1 Å². The zero-order valence-corrected chi connectivity index (χ0v) is 15.1. The normalized spacial score (nSPS) is 12.8. The Bertz CT molecular complexity index is 829. The van der Waals surface area contributed by atoms with Crippen LogP contribution in [-0.2, 0) is 17.6 Å². The second kappa shape index (κ2) is 8.04. The monoisotopic (exact) mass is 353 g/mol. The van der Waals surface area contributed by atoms with Gasteiger partial charge in [-0.25, -0.2) is 0 Å². The molecule has 1 aliphatic rings. The number of nitrogens with one attached hydrogen (secondary N) is 1. The lowest BCUT2D eigenvalue weighted by Gasteiger charge is -2.19. The van der Waals surface area contributed by atoms with E-state index in [-0.39, 0.29) is 18.3 Å². The van der Waals surface area contributed by atoms with Gasteiger partial charge >= 0.3 is 0 Å². The van der Waals surface area contributed by atoms with Crippen LogP contribution in [0.5, 0.6) is 11.5 Å². The predicted molar refractivity (Wildman–Crippen MR) is 100 cm³/mol. The summed E-state index contributed by atoms with van der Waals surface area (Å²) in [5.74, 6) is 0.591. The first kappa shape index (κ1) is 18.0. The van der Waals surface area contributed by atoms with Crippen molar-refractivity contribution in [1.82, 2.24) is 0 Å². The number of ether oxygens (including phenoxy) is 2. The number of fused-ring (bicyclic) bond motifs is 1. The highest BCUT2D eigenvalue weighted by molar-refractivity contribution is 5.95. The number of carbonyl (C=O) groups excluding carboxylic acids is 2. The molecule has 0 atom stereocenters. The Balaban J connectivity index is 1.66. The molecule has 5 nitrogen and oxygen atoms in total. The van der Waals surface area contributed by atoms with Gasteiger partial charge in [-0.15, -0.1) is 0 Å². The molecule has 0 heterocycles. The van der Waals surface area contributed by atoms with Crippen molar-refractivity contribution in [3.05, 3.63) is 53.1 Å². The SMILES string of the molecule is COc1cc(C(C)=O)ccc1OCC(=O)Nc1cccc2c1CCCC2. The molecule has 3 rings (SSSR count). The van der Waals surface area contributed by atoms with E-state index >= 15 is 0 Å². The number of aryl methyl sites for hydroxylation is 1. The Morgan fingerprint density at radius 2 is 1.88 bits per heavy atom. The molecule has 1 N–H and O–H groups in total. The lowest BCUT2D eigenvalue weighted by Crippen LogP contribution is -2.22. The Morgan fingerprint density at radius 1 is 1.08 bits per heavy atom. The van der Waals surface area contributed by atoms with Gasteiger partial charge in [-0.2, -0.15) is 0 Å². The summed E-state index contributed by atoms with van der Waals surface area (Å²) >= 11 is 0. The van der Waals surface area contributed by atoms with Crippen molar-refractivity contribution in [3.63, 3.8) is 0 Å². The van der Waals surface area contributed by atoms with E-state index in [9.17, 15) is 9.59 Å². The maximum Gasteiger partial charge on any atom is 0.262 e. The van der Waals surface area contributed by atoms with Crippen LogP contribution in [0.15, 0.2) is 36.4 Å².